The van der Waals surface area contributed by atoms with Crippen LogP contribution in [0.25, 0.3) is 10.8 Å². The molecule has 0 bridgehead atoms. The van der Waals surface area contributed by atoms with Gasteiger partial charge in [0, 0.05) is 10.9 Å². The molecule has 3 rings (SSSR count). The van der Waals surface area contributed by atoms with Crippen LogP contribution in [0.15, 0.2) is 47.3 Å². The molecule has 0 unspecified atom stereocenters. The highest BCUT2D eigenvalue weighted by Gasteiger charge is 2.22. The van der Waals surface area contributed by atoms with Gasteiger partial charge < -0.3 is 4.74 Å². The fourth-order valence-corrected chi connectivity index (χ4v) is 2.96. The first-order valence-corrected chi connectivity index (χ1v) is 8.64. The third kappa shape index (κ3) is 3.95. The van der Waals surface area contributed by atoms with Gasteiger partial charge in [-0.1, -0.05) is 35.9 Å². The Morgan fingerprint density at radius 2 is 1.81 bits per heavy atom. The van der Waals surface area contributed by atoms with E-state index in [1.54, 1.807) is 37.3 Å². The minimum atomic E-state index is -0.910. The number of esters is 1. The number of Topliss-reactive ketones (excluding diaryl/α,β-unsaturated/α-hetero) is 1. The van der Waals surface area contributed by atoms with Gasteiger partial charge >= 0.3 is 5.97 Å². The van der Waals surface area contributed by atoms with E-state index in [9.17, 15) is 14.4 Å². The Labute approximate surface area is 156 Å². The van der Waals surface area contributed by atoms with Gasteiger partial charge in [-0.15, -0.1) is 0 Å². The lowest BCUT2D eigenvalue weighted by molar-refractivity contribution is -0.145. The van der Waals surface area contributed by atoms with Crippen molar-refractivity contribution in [2.45, 2.75) is 33.3 Å². The molecule has 0 spiro atoms. The molecule has 1 atom stereocenters. The van der Waals surface area contributed by atoms with Gasteiger partial charge in [0.25, 0.3) is 5.56 Å². The highest BCUT2D eigenvalue weighted by Crippen LogP contribution is 2.16. The number of hydrogen-bond acceptors (Lipinski definition) is 5. The summed E-state index contributed by atoms with van der Waals surface area (Å²) in [7, 11) is 0. The van der Waals surface area contributed by atoms with Crippen molar-refractivity contribution < 1.29 is 14.3 Å². The zero-order valence-electron chi connectivity index (χ0n) is 15.4. The van der Waals surface area contributed by atoms with Crippen LogP contribution in [0.5, 0.6) is 0 Å². The zero-order valence-corrected chi connectivity index (χ0v) is 15.4. The number of H-pyrrole nitrogens is 1. The molecular formula is C21H20N2O4. The highest BCUT2D eigenvalue weighted by atomic mass is 16.5. The first kappa shape index (κ1) is 18.5. The number of ether oxygens (including phenoxy) is 1. The molecule has 0 saturated heterocycles. The first-order valence-electron chi connectivity index (χ1n) is 8.64. The van der Waals surface area contributed by atoms with E-state index in [2.05, 4.69) is 10.2 Å². The van der Waals surface area contributed by atoms with Gasteiger partial charge in [0.1, 0.15) is 0 Å². The average molecular weight is 364 g/mol. The average Bonchev–Trinajstić information content (AvgIpc) is 2.65. The van der Waals surface area contributed by atoms with Gasteiger partial charge in [0.05, 0.1) is 17.5 Å². The van der Waals surface area contributed by atoms with Crippen LogP contribution >= 0.6 is 0 Å². The van der Waals surface area contributed by atoms with Crippen molar-refractivity contribution >= 4 is 22.5 Å². The molecule has 0 aliphatic carbocycles. The normalized spacial score (nSPS) is 12.0. The number of ketones is 1. The maximum absolute atomic E-state index is 12.6. The summed E-state index contributed by atoms with van der Waals surface area (Å²) in [5.74, 6) is -0.824. The van der Waals surface area contributed by atoms with Crippen LogP contribution in [-0.4, -0.2) is 28.1 Å². The van der Waals surface area contributed by atoms with E-state index in [0.717, 1.165) is 11.1 Å². The Kier molecular flexibility index (Phi) is 5.16. The summed E-state index contributed by atoms with van der Waals surface area (Å²) in [4.78, 5) is 36.8. The van der Waals surface area contributed by atoms with Crippen molar-refractivity contribution in [3.8, 4) is 0 Å². The Morgan fingerprint density at radius 3 is 2.56 bits per heavy atom. The summed E-state index contributed by atoms with van der Waals surface area (Å²) in [6.07, 6.45) is -1.05. The predicted molar refractivity (Wildman–Crippen MR) is 102 cm³/mol. The van der Waals surface area contributed by atoms with Crippen LogP contribution in [0, 0.1) is 13.8 Å². The summed E-state index contributed by atoms with van der Waals surface area (Å²) in [6, 6.07) is 12.5. The molecule has 0 aliphatic rings. The van der Waals surface area contributed by atoms with Crippen molar-refractivity contribution in [1.82, 2.24) is 10.2 Å². The largest absolute Gasteiger partial charge is 0.454 e. The van der Waals surface area contributed by atoms with E-state index in [1.165, 1.54) is 0 Å². The van der Waals surface area contributed by atoms with Gasteiger partial charge in [-0.2, -0.15) is 5.10 Å². The SMILES string of the molecule is Cc1ccc(C)c(C(=O)[C@@H](C)OC(=O)Cc2n[nH]c(=O)c3ccccc23)c1. The second kappa shape index (κ2) is 7.53. The van der Waals surface area contributed by atoms with Crippen LogP contribution in [0.4, 0.5) is 0 Å². The summed E-state index contributed by atoms with van der Waals surface area (Å²) in [5, 5.41) is 7.39. The van der Waals surface area contributed by atoms with Crippen LogP contribution in [0.3, 0.4) is 0 Å². The number of carbonyl (C=O) groups is 2. The lowest BCUT2D eigenvalue weighted by Crippen LogP contribution is -2.26. The van der Waals surface area contributed by atoms with E-state index in [1.807, 2.05) is 26.0 Å². The topological polar surface area (TPSA) is 89.1 Å². The van der Waals surface area contributed by atoms with Gasteiger partial charge in [-0.05, 0) is 38.5 Å². The maximum Gasteiger partial charge on any atom is 0.312 e. The van der Waals surface area contributed by atoms with Crippen molar-refractivity contribution in [3.05, 3.63) is 75.2 Å². The quantitative estimate of drug-likeness (QED) is 0.555. The third-order valence-electron chi connectivity index (χ3n) is 4.42. The van der Waals surface area contributed by atoms with E-state index >= 15 is 0 Å². The molecule has 2 aromatic carbocycles. The minimum absolute atomic E-state index is 0.137. The van der Waals surface area contributed by atoms with E-state index in [0.29, 0.717) is 22.0 Å². The van der Waals surface area contributed by atoms with Gasteiger partial charge in [0.2, 0.25) is 5.78 Å². The van der Waals surface area contributed by atoms with Crippen molar-refractivity contribution in [2.24, 2.45) is 0 Å². The monoisotopic (exact) mass is 364 g/mol. The number of aryl methyl sites for hydroxylation is 2. The van der Waals surface area contributed by atoms with Gasteiger partial charge in [0.15, 0.2) is 6.10 Å². The van der Waals surface area contributed by atoms with E-state index in [4.69, 9.17) is 4.74 Å². The molecule has 0 fully saturated rings. The number of fused-ring (bicyclic) bond motifs is 1. The number of benzene rings is 2. The van der Waals surface area contributed by atoms with Crippen LogP contribution in [0.2, 0.25) is 0 Å². The van der Waals surface area contributed by atoms with E-state index < -0.39 is 12.1 Å². The van der Waals surface area contributed by atoms with Crippen molar-refractivity contribution in [3.63, 3.8) is 0 Å². The Bertz CT molecular complexity index is 1080. The summed E-state index contributed by atoms with van der Waals surface area (Å²) in [6.45, 7) is 5.30. The Hall–Kier alpha value is -3.28. The molecule has 138 valence electrons. The first-order chi connectivity index (χ1) is 12.9. The zero-order chi connectivity index (χ0) is 19.6. The number of aromatic nitrogens is 2. The molecule has 0 saturated carbocycles. The smallest absolute Gasteiger partial charge is 0.312 e. The lowest BCUT2D eigenvalue weighted by Gasteiger charge is -2.14. The molecule has 0 amide bonds. The number of aromatic amines is 1. The van der Waals surface area contributed by atoms with Crippen LogP contribution in [0.1, 0.15) is 34.1 Å². The standard InChI is InChI=1S/C21H20N2O4/c1-12-8-9-13(2)17(10-12)20(25)14(3)27-19(24)11-18-15-6-4-5-7-16(15)21(26)23-22-18/h4-10,14H,11H2,1-3H3,(H,23,26)/t14-/m1/s1. The third-order valence-corrected chi connectivity index (χ3v) is 4.42. The number of hydrogen-bond donors (Lipinski definition) is 1. The fourth-order valence-electron chi connectivity index (χ4n) is 2.96. The maximum atomic E-state index is 12.6. The summed E-state index contributed by atoms with van der Waals surface area (Å²) >= 11 is 0. The lowest BCUT2D eigenvalue weighted by atomic mass is 9.99. The number of nitrogens with zero attached hydrogens (tertiary/aromatic N) is 1. The van der Waals surface area contributed by atoms with Gasteiger partial charge in [-0.3, -0.25) is 14.4 Å². The Morgan fingerprint density at radius 1 is 1.11 bits per heavy atom. The van der Waals surface area contributed by atoms with Crippen LogP contribution in [-0.2, 0) is 16.0 Å². The fraction of sp³-hybridized carbons (Fsp3) is 0.238. The molecule has 6 heteroatoms. The molecule has 1 aromatic heterocycles. The van der Waals surface area contributed by atoms with Crippen molar-refractivity contribution in [2.75, 3.05) is 0 Å². The molecule has 0 radical (unpaired) electrons. The second-order valence-corrected chi connectivity index (χ2v) is 6.54. The number of carbonyl (C=O) groups excluding carboxylic acids is 2. The molecular weight excluding hydrogens is 344 g/mol. The van der Waals surface area contributed by atoms with Crippen LogP contribution < -0.4 is 5.56 Å². The molecule has 1 heterocycles. The number of nitrogens with one attached hydrogen (secondary N) is 1. The molecule has 0 aliphatic heterocycles. The molecule has 6 nitrogen and oxygen atoms in total. The molecule has 27 heavy (non-hydrogen) atoms. The minimum Gasteiger partial charge on any atom is -0.454 e. The number of rotatable bonds is 5. The summed E-state index contributed by atoms with van der Waals surface area (Å²) < 4.78 is 5.32. The predicted octanol–water partition coefficient (Wildman–Crippen LogP) is 2.90. The molecule has 3 aromatic rings. The van der Waals surface area contributed by atoms with Crippen molar-refractivity contribution in [1.29, 1.82) is 0 Å². The van der Waals surface area contributed by atoms with Gasteiger partial charge in [-0.25, -0.2) is 5.10 Å². The Balaban J connectivity index is 1.76. The van der Waals surface area contributed by atoms with E-state index in [-0.39, 0.29) is 17.8 Å². The highest BCUT2D eigenvalue weighted by molar-refractivity contribution is 6.01. The molecule has 1 N–H and O–H groups in total. The second-order valence-electron chi connectivity index (χ2n) is 6.54. The summed E-state index contributed by atoms with van der Waals surface area (Å²) in [5.41, 5.74) is 2.43.